The van der Waals surface area contributed by atoms with Crippen molar-refractivity contribution in [1.29, 1.82) is 0 Å². The topological polar surface area (TPSA) is 80.6 Å². The van der Waals surface area contributed by atoms with E-state index in [-0.39, 0.29) is 5.03 Å². The molecular weight excluding hydrogens is 294 g/mol. The van der Waals surface area contributed by atoms with Crippen molar-refractivity contribution in [2.75, 3.05) is 7.11 Å². The van der Waals surface area contributed by atoms with Crippen LogP contribution in [0.2, 0.25) is 0 Å². The first-order chi connectivity index (χ1) is 9.73. The fourth-order valence-electron chi connectivity index (χ4n) is 1.91. The highest BCUT2D eigenvalue weighted by Crippen LogP contribution is 2.27. The van der Waals surface area contributed by atoms with Crippen LogP contribution in [-0.4, -0.2) is 32.1 Å². The van der Waals surface area contributed by atoms with Crippen molar-refractivity contribution >= 4 is 28.1 Å². The largest absolute Gasteiger partial charge is 0.767 e. The number of benzene rings is 1. The number of aromatic nitrogens is 1. The predicted molar refractivity (Wildman–Crippen MR) is 77.3 cm³/mol. The number of ether oxygens (including phenoxy) is 2. The van der Waals surface area contributed by atoms with Gasteiger partial charge < -0.3 is 14.0 Å². The fourth-order valence-corrected chi connectivity index (χ4v) is 2.46. The number of carbonyl (C=O) groups excluding carboxylic acids is 1. The van der Waals surface area contributed by atoms with E-state index in [1.54, 1.807) is 39.0 Å². The van der Waals surface area contributed by atoms with E-state index in [2.05, 4.69) is 0 Å². The molecule has 1 aromatic carbocycles. The van der Waals surface area contributed by atoms with Crippen LogP contribution < -0.4 is 4.74 Å². The third kappa shape index (κ3) is 3.25. The first kappa shape index (κ1) is 15.5. The molecule has 1 unspecified atom stereocenters. The summed E-state index contributed by atoms with van der Waals surface area (Å²) in [5.74, 6) is 0.576. The highest BCUT2D eigenvalue weighted by molar-refractivity contribution is 7.79. The predicted octanol–water partition coefficient (Wildman–Crippen LogP) is 2.67. The number of hydrogen-bond acceptors (Lipinski definition) is 5. The van der Waals surface area contributed by atoms with E-state index in [1.165, 1.54) is 13.2 Å². The number of fused-ring (bicyclic) bond motifs is 1. The van der Waals surface area contributed by atoms with Crippen LogP contribution in [0.5, 0.6) is 5.75 Å². The van der Waals surface area contributed by atoms with Crippen molar-refractivity contribution in [2.24, 2.45) is 0 Å². The highest BCUT2D eigenvalue weighted by atomic mass is 32.2. The van der Waals surface area contributed by atoms with E-state index < -0.39 is 22.8 Å². The Bertz CT molecular complexity index is 714. The van der Waals surface area contributed by atoms with Gasteiger partial charge in [-0.05, 0) is 56.1 Å². The minimum atomic E-state index is -2.56. The molecule has 0 aliphatic carbocycles. The van der Waals surface area contributed by atoms with Crippen molar-refractivity contribution in [1.82, 2.24) is 4.57 Å². The Morgan fingerprint density at radius 1 is 1.29 bits per heavy atom. The van der Waals surface area contributed by atoms with E-state index in [1.807, 2.05) is 0 Å². The van der Waals surface area contributed by atoms with Gasteiger partial charge in [0.15, 0.2) is 0 Å². The lowest BCUT2D eigenvalue weighted by Gasteiger charge is -2.21. The van der Waals surface area contributed by atoms with Gasteiger partial charge in [0.1, 0.15) is 16.4 Å². The standard InChI is InChI=1S/C14H17NO5S/c1-14(2,3)20-13(16)15-11-6-5-10(19-4)7-9(11)8-12(15)21(17)18/h5-8H,1-4H3,(H,17,18)/p-1. The van der Waals surface area contributed by atoms with Gasteiger partial charge >= 0.3 is 6.09 Å². The first-order valence-electron chi connectivity index (χ1n) is 6.25. The molecule has 0 spiro atoms. The summed E-state index contributed by atoms with van der Waals surface area (Å²) in [7, 11) is 1.51. The molecule has 0 aliphatic heterocycles. The lowest BCUT2D eigenvalue weighted by Crippen LogP contribution is -2.28. The molecule has 1 heterocycles. The summed E-state index contributed by atoms with van der Waals surface area (Å²) in [6, 6.07) is 6.34. The average Bonchev–Trinajstić information content (AvgIpc) is 2.74. The Kier molecular flexibility index (Phi) is 4.06. The van der Waals surface area contributed by atoms with E-state index in [0.717, 1.165) is 4.57 Å². The second-order valence-corrected chi connectivity index (χ2v) is 6.35. The molecule has 0 fully saturated rings. The van der Waals surface area contributed by atoms with Crippen LogP contribution in [0.3, 0.4) is 0 Å². The van der Waals surface area contributed by atoms with E-state index >= 15 is 0 Å². The summed E-state index contributed by atoms with van der Waals surface area (Å²) in [4.78, 5) is 12.3. The molecule has 7 heteroatoms. The zero-order valence-corrected chi connectivity index (χ0v) is 13.0. The van der Waals surface area contributed by atoms with E-state index in [9.17, 15) is 13.6 Å². The smallest absolute Gasteiger partial charge is 0.419 e. The lowest BCUT2D eigenvalue weighted by molar-refractivity contribution is 0.0530. The molecule has 0 radical (unpaired) electrons. The van der Waals surface area contributed by atoms with Gasteiger partial charge in [-0.25, -0.2) is 9.36 Å². The number of nitrogens with zero attached hydrogens (tertiary/aromatic N) is 1. The maximum Gasteiger partial charge on any atom is 0.419 e. The van der Waals surface area contributed by atoms with Crippen molar-refractivity contribution < 1.29 is 23.0 Å². The average molecular weight is 310 g/mol. The Morgan fingerprint density at radius 3 is 2.48 bits per heavy atom. The molecule has 0 saturated heterocycles. The van der Waals surface area contributed by atoms with Gasteiger partial charge in [-0.3, -0.25) is 4.21 Å². The lowest BCUT2D eigenvalue weighted by atomic mass is 10.2. The second-order valence-electron chi connectivity index (χ2n) is 5.46. The van der Waals surface area contributed by atoms with Crippen LogP contribution >= 0.6 is 0 Å². The summed E-state index contributed by atoms with van der Waals surface area (Å²) in [6.07, 6.45) is -0.734. The van der Waals surface area contributed by atoms with Crippen LogP contribution in [0.4, 0.5) is 4.79 Å². The van der Waals surface area contributed by atoms with Gasteiger partial charge in [0, 0.05) is 5.39 Å². The molecular formula is C14H16NO5S-. The maximum absolute atomic E-state index is 12.3. The summed E-state index contributed by atoms with van der Waals surface area (Å²) in [5.41, 5.74) is -0.272. The van der Waals surface area contributed by atoms with Crippen molar-refractivity contribution in [2.45, 2.75) is 31.4 Å². The zero-order valence-electron chi connectivity index (χ0n) is 12.2. The molecule has 0 saturated carbocycles. The molecule has 0 amide bonds. The van der Waals surface area contributed by atoms with E-state index in [4.69, 9.17) is 9.47 Å². The van der Waals surface area contributed by atoms with Gasteiger partial charge in [0.25, 0.3) is 0 Å². The third-order valence-electron chi connectivity index (χ3n) is 2.72. The summed E-state index contributed by atoms with van der Waals surface area (Å²) >= 11 is -2.56. The van der Waals surface area contributed by atoms with Crippen LogP contribution in [-0.2, 0) is 15.8 Å². The molecule has 21 heavy (non-hydrogen) atoms. The monoisotopic (exact) mass is 310 g/mol. The number of methoxy groups -OCH3 is 1. The Morgan fingerprint density at radius 2 is 1.95 bits per heavy atom. The fraction of sp³-hybridized carbons (Fsp3) is 0.357. The molecule has 0 N–H and O–H groups in total. The Hall–Kier alpha value is -1.86. The summed E-state index contributed by atoms with van der Waals surface area (Å²) in [6.45, 7) is 5.15. The quantitative estimate of drug-likeness (QED) is 0.797. The van der Waals surface area contributed by atoms with Gasteiger partial charge in [0.05, 0.1) is 12.6 Å². The molecule has 114 valence electrons. The van der Waals surface area contributed by atoms with Gasteiger partial charge in [-0.15, -0.1) is 0 Å². The molecule has 6 nitrogen and oxygen atoms in total. The van der Waals surface area contributed by atoms with Crippen LogP contribution in [0.25, 0.3) is 10.9 Å². The Balaban J connectivity index is 2.62. The molecule has 1 aromatic heterocycles. The van der Waals surface area contributed by atoms with Crippen LogP contribution in [0, 0.1) is 0 Å². The van der Waals surface area contributed by atoms with Gasteiger partial charge in [-0.1, -0.05) is 0 Å². The number of carbonyl (C=O) groups is 1. The minimum Gasteiger partial charge on any atom is -0.767 e. The molecule has 2 rings (SSSR count). The minimum absolute atomic E-state index is 0.146. The summed E-state index contributed by atoms with van der Waals surface area (Å²) in [5, 5.41) is 0.437. The zero-order chi connectivity index (χ0) is 15.8. The van der Waals surface area contributed by atoms with Crippen molar-refractivity contribution in [3.63, 3.8) is 0 Å². The SMILES string of the molecule is COc1ccc2c(c1)cc(S(=O)[O-])n2C(=O)OC(C)(C)C. The van der Waals surface area contributed by atoms with Crippen molar-refractivity contribution in [3.8, 4) is 5.75 Å². The Labute approximate surface area is 124 Å². The van der Waals surface area contributed by atoms with Crippen LogP contribution in [0.1, 0.15) is 20.8 Å². The van der Waals surface area contributed by atoms with Crippen molar-refractivity contribution in [3.05, 3.63) is 24.3 Å². The van der Waals surface area contributed by atoms with Gasteiger partial charge in [-0.2, -0.15) is 0 Å². The van der Waals surface area contributed by atoms with E-state index in [0.29, 0.717) is 16.7 Å². The third-order valence-corrected chi connectivity index (χ3v) is 3.36. The van der Waals surface area contributed by atoms with Crippen LogP contribution in [0.15, 0.2) is 29.3 Å². The first-order valence-corrected chi connectivity index (χ1v) is 7.32. The normalized spacial score (nSPS) is 13.2. The highest BCUT2D eigenvalue weighted by Gasteiger charge is 2.22. The maximum atomic E-state index is 12.3. The second kappa shape index (κ2) is 5.50. The van der Waals surface area contributed by atoms with Gasteiger partial charge in [0.2, 0.25) is 0 Å². The number of hydrogen-bond donors (Lipinski definition) is 0. The summed E-state index contributed by atoms with van der Waals surface area (Å²) < 4.78 is 34.1. The molecule has 2 aromatic rings. The molecule has 0 aliphatic rings. The molecule has 0 bridgehead atoms. The molecule has 1 atom stereocenters. The number of rotatable bonds is 2.